The lowest BCUT2D eigenvalue weighted by molar-refractivity contribution is 0.0675. The van der Waals surface area contributed by atoms with Crippen LogP contribution in [0.1, 0.15) is 83.4 Å². The van der Waals surface area contributed by atoms with E-state index in [1.54, 1.807) is 0 Å². The highest BCUT2D eigenvalue weighted by Gasteiger charge is 2.35. The number of carboxylic acids is 1. The summed E-state index contributed by atoms with van der Waals surface area (Å²) in [5.74, 6) is -0.422. The Morgan fingerprint density at radius 2 is 1.92 bits per heavy atom. The lowest BCUT2D eigenvalue weighted by Crippen LogP contribution is -2.46. The summed E-state index contributed by atoms with van der Waals surface area (Å²) < 4.78 is 14.0. The molecule has 7 heteroatoms. The van der Waals surface area contributed by atoms with Gasteiger partial charge in [0.05, 0.1) is 23.5 Å². The Labute approximate surface area is 220 Å². The van der Waals surface area contributed by atoms with E-state index in [4.69, 9.17) is 9.47 Å². The quantitative estimate of drug-likeness (QED) is 0.670. The molecule has 0 spiro atoms. The number of ether oxygens (including phenoxy) is 2. The maximum absolute atomic E-state index is 12.8. The minimum absolute atomic E-state index is 0.0148. The van der Waals surface area contributed by atoms with Crippen LogP contribution in [0.4, 0.5) is 0 Å². The highest BCUT2D eigenvalue weighted by atomic mass is 16.5. The predicted molar refractivity (Wildman–Crippen MR) is 148 cm³/mol. The van der Waals surface area contributed by atoms with Crippen LogP contribution >= 0.6 is 0 Å². The van der Waals surface area contributed by atoms with Gasteiger partial charge >= 0.3 is 5.97 Å². The van der Waals surface area contributed by atoms with Gasteiger partial charge in [0.1, 0.15) is 17.9 Å². The van der Waals surface area contributed by atoms with E-state index < -0.39 is 11.4 Å². The fraction of sp³-hybridized carbons (Fsp3) is 0.533. The minimum atomic E-state index is -1.21. The molecule has 2 aliphatic rings. The van der Waals surface area contributed by atoms with Crippen molar-refractivity contribution in [3.63, 3.8) is 0 Å². The number of carboxylic acid groups (broad SMARTS) is 1. The Bertz CT molecular complexity index is 1310. The first-order chi connectivity index (χ1) is 17.5. The maximum Gasteiger partial charge on any atom is 0.341 e. The van der Waals surface area contributed by atoms with E-state index >= 15 is 0 Å². The van der Waals surface area contributed by atoms with E-state index in [-0.39, 0.29) is 23.1 Å². The first kappa shape index (κ1) is 28.5. The summed E-state index contributed by atoms with van der Waals surface area (Å²) in [7, 11) is 2.03. The predicted octanol–water partition coefficient (Wildman–Crippen LogP) is 4.01. The van der Waals surface area contributed by atoms with Crippen molar-refractivity contribution in [3.05, 3.63) is 62.4 Å². The molecule has 2 unspecified atom stereocenters. The second-order valence-corrected chi connectivity index (χ2v) is 10.9. The molecule has 0 radical (unpaired) electrons. The van der Waals surface area contributed by atoms with Crippen molar-refractivity contribution < 1.29 is 19.4 Å². The van der Waals surface area contributed by atoms with Crippen molar-refractivity contribution >= 4 is 17.2 Å². The molecule has 7 nitrogen and oxygen atoms in total. The number of aromatic nitrogens is 1. The van der Waals surface area contributed by atoms with E-state index in [0.29, 0.717) is 18.8 Å². The van der Waals surface area contributed by atoms with Crippen molar-refractivity contribution in [2.24, 2.45) is 5.41 Å². The molecule has 0 amide bonds. The number of hydrogen-bond donors (Lipinski definition) is 1. The molecule has 2 aromatic rings. The Hall–Kier alpha value is -3.06. The summed E-state index contributed by atoms with van der Waals surface area (Å²) in [6.07, 6.45) is 3.68. The Kier molecular flexibility index (Phi) is 8.90. The Morgan fingerprint density at radius 1 is 1.22 bits per heavy atom. The van der Waals surface area contributed by atoms with Gasteiger partial charge in [0, 0.05) is 42.9 Å². The second kappa shape index (κ2) is 11.5. The van der Waals surface area contributed by atoms with Gasteiger partial charge in [0.25, 0.3) is 0 Å². The molecule has 3 heterocycles. The van der Waals surface area contributed by atoms with Crippen LogP contribution in [-0.4, -0.2) is 53.5 Å². The van der Waals surface area contributed by atoms with E-state index in [1.807, 2.05) is 43.7 Å². The number of fused-ring (bicyclic) bond motifs is 1. The molecule has 1 aromatic carbocycles. The molecule has 0 bridgehead atoms. The summed E-state index contributed by atoms with van der Waals surface area (Å²) in [5, 5.41) is 11.6. The molecule has 0 aliphatic carbocycles. The smallest absolute Gasteiger partial charge is 0.341 e. The second-order valence-electron chi connectivity index (χ2n) is 10.9. The van der Waals surface area contributed by atoms with Gasteiger partial charge in [-0.15, -0.1) is 0 Å². The zero-order valence-corrected chi connectivity index (χ0v) is 23.6. The number of benzene rings is 1. The van der Waals surface area contributed by atoms with Crippen molar-refractivity contribution in [1.82, 2.24) is 9.47 Å². The first-order valence-corrected chi connectivity index (χ1v) is 13.2. The highest BCUT2D eigenvalue weighted by molar-refractivity contribution is 5.87. The number of pyridine rings is 1. The molecule has 202 valence electrons. The van der Waals surface area contributed by atoms with Gasteiger partial charge in [-0.2, -0.15) is 0 Å². The molecular formula is C30H42N2O5. The number of aromatic carboxylic acids is 1. The van der Waals surface area contributed by atoms with Gasteiger partial charge in [-0.1, -0.05) is 52.3 Å². The summed E-state index contributed by atoms with van der Waals surface area (Å²) in [4.78, 5) is 26.8. The molecule has 1 aromatic heterocycles. The molecule has 1 saturated heterocycles. The van der Waals surface area contributed by atoms with E-state index in [9.17, 15) is 14.7 Å². The van der Waals surface area contributed by atoms with Crippen molar-refractivity contribution in [3.8, 4) is 5.75 Å². The zero-order chi connectivity index (χ0) is 27.5. The zero-order valence-electron chi connectivity index (χ0n) is 23.6. The third kappa shape index (κ3) is 5.93. The SMILES string of the molecule is CC.CC(C)=c1c(OCC2CCCO2)ccc/c1=C1\c2cc(=O)c(C(=O)O)cn2C(C(C)(C)C)CN1C. The van der Waals surface area contributed by atoms with Crippen LogP contribution in [-0.2, 0) is 4.74 Å². The van der Waals surface area contributed by atoms with Crippen molar-refractivity contribution in [2.45, 2.75) is 73.5 Å². The van der Waals surface area contributed by atoms with Gasteiger partial charge in [-0.3, -0.25) is 4.79 Å². The minimum Gasteiger partial charge on any atom is -0.490 e. The fourth-order valence-electron chi connectivity index (χ4n) is 5.15. The molecule has 2 atom stereocenters. The number of nitrogens with zero attached hydrogens (tertiary/aromatic N) is 2. The van der Waals surface area contributed by atoms with E-state index in [2.05, 4.69) is 39.5 Å². The monoisotopic (exact) mass is 510 g/mol. The summed E-state index contributed by atoms with van der Waals surface area (Å²) >= 11 is 0. The number of rotatable bonds is 4. The van der Waals surface area contributed by atoms with Crippen LogP contribution in [0.15, 0.2) is 35.3 Å². The summed E-state index contributed by atoms with van der Waals surface area (Å²) in [6.45, 7) is 16.5. The average Bonchev–Trinajstić information content (AvgIpc) is 3.36. The van der Waals surface area contributed by atoms with Crippen LogP contribution < -0.4 is 20.6 Å². The highest BCUT2D eigenvalue weighted by Crippen LogP contribution is 2.37. The van der Waals surface area contributed by atoms with Gasteiger partial charge in [-0.05, 0) is 38.2 Å². The van der Waals surface area contributed by atoms with Gasteiger partial charge in [-0.25, -0.2) is 4.79 Å². The topological polar surface area (TPSA) is 81.0 Å². The summed E-state index contributed by atoms with van der Waals surface area (Å²) in [6, 6.07) is 7.45. The average molecular weight is 511 g/mol. The molecule has 0 saturated carbocycles. The van der Waals surface area contributed by atoms with Gasteiger partial charge < -0.3 is 24.0 Å². The Morgan fingerprint density at radius 3 is 2.49 bits per heavy atom. The first-order valence-electron chi connectivity index (χ1n) is 13.2. The van der Waals surface area contributed by atoms with Crippen LogP contribution in [0.2, 0.25) is 0 Å². The van der Waals surface area contributed by atoms with Crippen LogP contribution in [0.25, 0.3) is 11.3 Å². The largest absolute Gasteiger partial charge is 0.490 e. The number of carbonyl (C=O) groups is 1. The maximum atomic E-state index is 12.8. The van der Waals surface area contributed by atoms with Gasteiger partial charge in [0.2, 0.25) is 0 Å². The van der Waals surface area contributed by atoms with E-state index in [0.717, 1.165) is 46.9 Å². The van der Waals surface area contributed by atoms with Crippen LogP contribution in [0.3, 0.4) is 0 Å². The van der Waals surface area contributed by atoms with Crippen LogP contribution in [0.5, 0.6) is 5.75 Å². The normalized spacial score (nSPS) is 20.6. The Balaban J connectivity index is 0.00000186. The lowest BCUT2D eigenvalue weighted by atomic mass is 9.84. The third-order valence-corrected chi connectivity index (χ3v) is 6.95. The molecule has 1 N–H and O–H groups in total. The molecular weight excluding hydrogens is 468 g/mol. The third-order valence-electron chi connectivity index (χ3n) is 6.95. The molecule has 1 fully saturated rings. The summed E-state index contributed by atoms with van der Waals surface area (Å²) in [5.41, 5.74) is 1.85. The molecule has 2 aliphatic heterocycles. The standard InChI is InChI=1S/C28H36N2O5.C2H6/c1-17(2)25-19(10-7-11-23(25)35-16-18-9-8-12-34-18)26-21-13-22(31)20(27(32)33)14-30(21)24(15-29(26)6)28(3,4)5;1-2/h7,10-11,13-14,18,24H,8-9,12,15-16H2,1-6H3,(H,32,33);1-2H3/b26-19-;. The fourth-order valence-corrected chi connectivity index (χ4v) is 5.15. The van der Waals surface area contributed by atoms with E-state index in [1.165, 1.54) is 12.3 Å². The molecule has 37 heavy (non-hydrogen) atoms. The van der Waals surface area contributed by atoms with Crippen LogP contribution in [0, 0.1) is 5.41 Å². The van der Waals surface area contributed by atoms with Crippen molar-refractivity contribution in [2.75, 3.05) is 26.8 Å². The number of hydrogen-bond acceptors (Lipinski definition) is 5. The van der Waals surface area contributed by atoms with Crippen molar-refractivity contribution in [1.29, 1.82) is 0 Å². The number of likely N-dealkylation sites (N-methyl/N-ethyl adjacent to an activating group) is 1. The molecule has 4 rings (SSSR count). The van der Waals surface area contributed by atoms with Gasteiger partial charge in [0.15, 0.2) is 5.43 Å². The lowest BCUT2D eigenvalue weighted by Gasteiger charge is -2.43.